The lowest BCUT2D eigenvalue weighted by Crippen LogP contribution is -2.11. The zero-order valence-electron chi connectivity index (χ0n) is 8.76. The van der Waals surface area contributed by atoms with Crippen molar-refractivity contribution in [2.24, 2.45) is 0 Å². The van der Waals surface area contributed by atoms with Crippen molar-refractivity contribution in [1.82, 2.24) is 0 Å². The molecule has 0 unspecified atom stereocenters. The molecule has 1 rings (SSSR count). The Balaban J connectivity index is 2.26. The van der Waals surface area contributed by atoms with Crippen LogP contribution in [0.2, 0.25) is 0 Å². The van der Waals surface area contributed by atoms with Crippen LogP contribution in [0.25, 0.3) is 0 Å². The second-order valence-electron chi connectivity index (χ2n) is 3.64. The molecule has 0 aliphatic carbocycles. The number of halogens is 3. The molecule has 0 N–H and O–H groups in total. The largest absolute Gasteiger partial charge is 0.389 e. The fourth-order valence-electron chi connectivity index (χ4n) is 1.33. The predicted molar refractivity (Wildman–Crippen MR) is 55.1 cm³/mol. The number of ketones is 1. The van der Waals surface area contributed by atoms with Crippen LogP contribution in [0.1, 0.15) is 24.8 Å². The minimum absolute atomic E-state index is 0.181. The van der Waals surface area contributed by atoms with Gasteiger partial charge in [-0.1, -0.05) is 30.3 Å². The van der Waals surface area contributed by atoms with E-state index in [4.69, 9.17) is 0 Å². The van der Waals surface area contributed by atoms with Crippen molar-refractivity contribution in [3.63, 3.8) is 0 Å². The summed E-state index contributed by atoms with van der Waals surface area (Å²) >= 11 is 0. The number of aryl methyl sites for hydroxylation is 1. The van der Waals surface area contributed by atoms with E-state index in [-0.39, 0.29) is 12.2 Å². The number of alkyl halides is 3. The second-order valence-corrected chi connectivity index (χ2v) is 3.64. The maximum Gasteiger partial charge on any atom is 0.389 e. The summed E-state index contributed by atoms with van der Waals surface area (Å²) in [5.74, 6) is -0.332. The van der Waals surface area contributed by atoms with Crippen LogP contribution in [-0.2, 0) is 11.2 Å². The van der Waals surface area contributed by atoms with E-state index in [2.05, 4.69) is 0 Å². The smallest absolute Gasteiger partial charge is 0.300 e. The lowest BCUT2D eigenvalue weighted by atomic mass is 10.1. The molecule has 1 nitrogen and oxygen atoms in total. The van der Waals surface area contributed by atoms with Crippen LogP contribution in [0, 0.1) is 0 Å². The lowest BCUT2D eigenvalue weighted by molar-refractivity contribution is -0.143. The molecular weight excluding hydrogens is 217 g/mol. The number of carbonyl (C=O) groups is 1. The van der Waals surface area contributed by atoms with Gasteiger partial charge in [-0.25, -0.2) is 0 Å². The highest BCUT2D eigenvalue weighted by Gasteiger charge is 2.27. The van der Waals surface area contributed by atoms with Crippen LogP contribution < -0.4 is 0 Å². The Labute approximate surface area is 92.3 Å². The molecule has 0 saturated carbocycles. The van der Waals surface area contributed by atoms with E-state index in [9.17, 15) is 18.0 Å². The first-order valence-electron chi connectivity index (χ1n) is 5.10. The van der Waals surface area contributed by atoms with Gasteiger partial charge in [-0.05, 0) is 12.0 Å². The molecule has 88 valence electrons. The first kappa shape index (κ1) is 12.7. The fourth-order valence-corrected chi connectivity index (χ4v) is 1.33. The van der Waals surface area contributed by atoms with Crippen molar-refractivity contribution in [3.8, 4) is 0 Å². The van der Waals surface area contributed by atoms with Crippen LogP contribution in [0.4, 0.5) is 13.2 Å². The molecule has 0 aliphatic heterocycles. The van der Waals surface area contributed by atoms with Crippen LogP contribution in [-0.4, -0.2) is 12.0 Å². The predicted octanol–water partition coefficient (Wildman–Crippen LogP) is 3.53. The lowest BCUT2D eigenvalue weighted by Gasteiger charge is -2.05. The molecule has 0 spiro atoms. The van der Waals surface area contributed by atoms with Gasteiger partial charge in [-0.15, -0.1) is 0 Å². The molecule has 0 radical (unpaired) electrons. The van der Waals surface area contributed by atoms with Gasteiger partial charge in [0.05, 0.1) is 6.42 Å². The van der Waals surface area contributed by atoms with Gasteiger partial charge in [0, 0.05) is 12.8 Å². The van der Waals surface area contributed by atoms with E-state index in [1.165, 1.54) is 0 Å². The molecule has 1 aromatic carbocycles. The Morgan fingerprint density at radius 3 is 2.25 bits per heavy atom. The highest BCUT2D eigenvalue weighted by molar-refractivity contribution is 5.78. The van der Waals surface area contributed by atoms with Crippen molar-refractivity contribution < 1.29 is 18.0 Å². The standard InChI is InChI=1S/C12H13F3O/c13-12(14,15)9-8-11(16)7-6-10-4-2-1-3-5-10/h1-5H,6-9H2. The van der Waals surface area contributed by atoms with E-state index in [0.717, 1.165) is 5.56 Å². The Bertz CT molecular complexity index is 330. The topological polar surface area (TPSA) is 17.1 Å². The average Bonchev–Trinajstić information content (AvgIpc) is 2.24. The monoisotopic (exact) mass is 230 g/mol. The van der Waals surface area contributed by atoms with Crippen LogP contribution in [0.3, 0.4) is 0 Å². The summed E-state index contributed by atoms with van der Waals surface area (Å²) in [4.78, 5) is 11.2. The number of benzene rings is 1. The summed E-state index contributed by atoms with van der Waals surface area (Å²) in [6.45, 7) is 0. The molecule has 0 saturated heterocycles. The molecular formula is C12H13F3O. The molecule has 1 aromatic rings. The highest BCUT2D eigenvalue weighted by Crippen LogP contribution is 2.21. The maximum absolute atomic E-state index is 11.8. The van der Waals surface area contributed by atoms with Gasteiger partial charge in [-0.3, -0.25) is 4.79 Å². The summed E-state index contributed by atoms with van der Waals surface area (Å²) in [5, 5.41) is 0. The van der Waals surface area contributed by atoms with Crippen molar-refractivity contribution in [2.75, 3.05) is 0 Å². The number of hydrogen-bond donors (Lipinski definition) is 0. The van der Waals surface area contributed by atoms with Gasteiger partial charge in [0.25, 0.3) is 0 Å². The van der Waals surface area contributed by atoms with Gasteiger partial charge in [-0.2, -0.15) is 13.2 Å². The van der Waals surface area contributed by atoms with Crippen LogP contribution >= 0.6 is 0 Å². The molecule has 0 aromatic heterocycles. The van der Waals surface area contributed by atoms with Crippen molar-refractivity contribution >= 4 is 5.78 Å². The molecule has 0 amide bonds. The summed E-state index contributed by atoms with van der Waals surface area (Å²) in [6, 6.07) is 9.26. The van der Waals surface area contributed by atoms with Gasteiger partial charge in [0.1, 0.15) is 5.78 Å². The summed E-state index contributed by atoms with van der Waals surface area (Å²) in [5.41, 5.74) is 0.975. The first-order valence-corrected chi connectivity index (χ1v) is 5.10. The van der Waals surface area contributed by atoms with Gasteiger partial charge in [0.15, 0.2) is 0 Å². The SMILES string of the molecule is O=C(CCc1ccccc1)CCC(F)(F)F. The molecule has 0 atom stereocenters. The van der Waals surface area contributed by atoms with Gasteiger partial charge < -0.3 is 0 Å². The van der Waals surface area contributed by atoms with Crippen molar-refractivity contribution in [3.05, 3.63) is 35.9 Å². The van der Waals surface area contributed by atoms with Gasteiger partial charge in [0.2, 0.25) is 0 Å². The van der Waals surface area contributed by atoms with Crippen molar-refractivity contribution in [1.29, 1.82) is 0 Å². The Hall–Kier alpha value is -1.32. The van der Waals surface area contributed by atoms with Crippen LogP contribution in [0.15, 0.2) is 30.3 Å². The normalized spacial score (nSPS) is 11.4. The fraction of sp³-hybridized carbons (Fsp3) is 0.417. The third-order valence-electron chi connectivity index (χ3n) is 2.22. The third kappa shape index (κ3) is 5.53. The van der Waals surface area contributed by atoms with Crippen LogP contribution in [0.5, 0.6) is 0 Å². The minimum Gasteiger partial charge on any atom is -0.300 e. The molecule has 0 heterocycles. The summed E-state index contributed by atoms with van der Waals surface area (Å²) < 4.78 is 35.5. The molecule has 0 fully saturated rings. The zero-order valence-corrected chi connectivity index (χ0v) is 8.76. The zero-order chi connectivity index (χ0) is 12.0. The number of hydrogen-bond acceptors (Lipinski definition) is 1. The minimum atomic E-state index is -4.23. The highest BCUT2D eigenvalue weighted by atomic mass is 19.4. The van der Waals surface area contributed by atoms with Gasteiger partial charge >= 0.3 is 6.18 Å². The third-order valence-corrected chi connectivity index (χ3v) is 2.22. The molecule has 0 aliphatic rings. The Morgan fingerprint density at radius 2 is 1.69 bits per heavy atom. The number of rotatable bonds is 5. The summed E-state index contributed by atoms with van der Waals surface area (Å²) in [6.07, 6.45) is -4.96. The Morgan fingerprint density at radius 1 is 1.06 bits per heavy atom. The van der Waals surface area contributed by atoms with Crippen molar-refractivity contribution in [2.45, 2.75) is 31.9 Å². The van der Waals surface area contributed by atoms with E-state index < -0.39 is 19.0 Å². The van der Waals surface area contributed by atoms with E-state index >= 15 is 0 Å². The van der Waals surface area contributed by atoms with E-state index in [1.54, 1.807) is 0 Å². The second kappa shape index (κ2) is 5.68. The molecule has 4 heteroatoms. The number of carbonyl (C=O) groups excluding carboxylic acids is 1. The quantitative estimate of drug-likeness (QED) is 0.756. The van der Waals surface area contributed by atoms with E-state index in [0.29, 0.717) is 6.42 Å². The number of Topliss-reactive ketones (excluding diaryl/α,β-unsaturated/α-hetero) is 1. The molecule has 0 bridgehead atoms. The first-order chi connectivity index (χ1) is 7.47. The Kier molecular flexibility index (Phi) is 4.52. The summed E-state index contributed by atoms with van der Waals surface area (Å²) in [7, 11) is 0. The van der Waals surface area contributed by atoms with E-state index in [1.807, 2.05) is 30.3 Å². The average molecular weight is 230 g/mol. The molecule has 16 heavy (non-hydrogen) atoms. The maximum atomic E-state index is 11.8.